The van der Waals surface area contributed by atoms with Gasteiger partial charge in [0.2, 0.25) is 5.91 Å². The second-order valence-electron chi connectivity index (χ2n) is 4.44. The lowest BCUT2D eigenvalue weighted by molar-refractivity contribution is -0.149. The van der Waals surface area contributed by atoms with Gasteiger partial charge in [-0.3, -0.25) is 4.79 Å². The number of carbonyl (C=O) groups is 2. The van der Waals surface area contributed by atoms with E-state index < -0.39 is 12.0 Å². The van der Waals surface area contributed by atoms with Crippen LogP contribution in [0, 0.1) is 5.92 Å². The Morgan fingerprint density at radius 1 is 1.59 bits per heavy atom. The van der Waals surface area contributed by atoms with E-state index >= 15 is 0 Å². The minimum atomic E-state index is -0.895. The number of thiophene rings is 1. The molecule has 92 valence electrons. The molecule has 0 spiro atoms. The first-order valence-electron chi connectivity index (χ1n) is 5.63. The molecule has 1 amide bonds. The van der Waals surface area contributed by atoms with Gasteiger partial charge in [-0.05, 0) is 34.7 Å². The van der Waals surface area contributed by atoms with E-state index in [1.54, 1.807) is 11.3 Å². The molecule has 5 heteroatoms. The highest BCUT2D eigenvalue weighted by Gasteiger charge is 2.39. The number of rotatable bonds is 3. The molecule has 4 nitrogen and oxygen atoms in total. The SMILES string of the molecule is CC1CCN(C(=O)Cc2ccsc2)C1C(=O)O. The Morgan fingerprint density at radius 2 is 2.35 bits per heavy atom. The molecule has 1 fully saturated rings. The van der Waals surface area contributed by atoms with Gasteiger partial charge in [0.25, 0.3) is 0 Å². The second-order valence-corrected chi connectivity index (χ2v) is 5.22. The fraction of sp³-hybridized carbons (Fsp3) is 0.500. The Morgan fingerprint density at radius 3 is 2.94 bits per heavy atom. The van der Waals surface area contributed by atoms with Crippen LogP contribution in [-0.2, 0) is 16.0 Å². The standard InChI is InChI=1S/C12H15NO3S/c1-8-2-4-13(11(8)12(15)16)10(14)6-9-3-5-17-7-9/h3,5,7-8,11H,2,4,6H2,1H3,(H,15,16). The summed E-state index contributed by atoms with van der Waals surface area (Å²) in [6.45, 7) is 2.44. The molecular weight excluding hydrogens is 238 g/mol. The number of amides is 1. The lowest BCUT2D eigenvalue weighted by atomic mass is 10.0. The van der Waals surface area contributed by atoms with Crippen LogP contribution < -0.4 is 0 Å². The first-order chi connectivity index (χ1) is 8.09. The molecule has 17 heavy (non-hydrogen) atoms. The fourth-order valence-corrected chi connectivity index (χ4v) is 2.94. The summed E-state index contributed by atoms with van der Waals surface area (Å²) in [6.07, 6.45) is 1.08. The molecule has 1 aromatic heterocycles. The van der Waals surface area contributed by atoms with Gasteiger partial charge in [0.05, 0.1) is 6.42 Å². The number of hydrogen-bond acceptors (Lipinski definition) is 3. The van der Waals surface area contributed by atoms with Gasteiger partial charge < -0.3 is 10.0 Å². The molecule has 1 aliphatic rings. The Kier molecular flexibility index (Phi) is 3.47. The minimum Gasteiger partial charge on any atom is -0.480 e. The van der Waals surface area contributed by atoms with Crippen LogP contribution in [0.2, 0.25) is 0 Å². The molecule has 0 aliphatic carbocycles. The summed E-state index contributed by atoms with van der Waals surface area (Å²) in [5.41, 5.74) is 0.962. The third kappa shape index (κ3) is 2.49. The highest BCUT2D eigenvalue weighted by atomic mass is 32.1. The van der Waals surface area contributed by atoms with Crippen LogP contribution in [0.5, 0.6) is 0 Å². The van der Waals surface area contributed by atoms with E-state index in [2.05, 4.69) is 0 Å². The summed E-state index contributed by atoms with van der Waals surface area (Å²) in [4.78, 5) is 24.7. The summed E-state index contributed by atoms with van der Waals surface area (Å²) in [7, 11) is 0. The molecule has 1 aliphatic heterocycles. The van der Waals surface area contributed by atoms with Crippen molar-refractivity contribution in [2.45, 2.75) is 25.8 Å². The number of aliphatic carboxylic acids is 1. The predicted molar refractivity (Wildman–Crippen MR) is 64.9 cm³/mol. The molecule has 0 aromatic carbocycles. The van der Waals surface area contributed by atoms with Gasteiger partial charge in [-0.1, -0.05) is 6.92 Å². The quantitative estimate of drug-likeness (QED) is 0.890. The summed E-state index contributed by atoms with van der Waals surface area (Å²) >= 11 is 1.54. The normalized spacial score (nSPS) is 23.9. The number of carboxylic acids is 1. The van der Waals surface area contributed by atoms with Crippen molar-refractivity contribution in [3.8, 4) is 0 Å². The number of nitrogens with zero attached hydrogens (tertiary/aromatic N) is 1. The van der Waals surface area contributed by atoms with E-state index in [0.29, 0.717) is 13.0 Å². The molecule has 0 radical (unpaired) electrons. The molecule has 2 atom stereocenters. The molecule has 2 rings (SSSR count). The Bertz CT molecular complexity index is 415. The van der Waals surface area contributed by atoms with Crippen LogP contribution in [0.1, 0.15) is 18.9 Å². The van der Waals surface area contributed by atoms with Crippen LogP contribution in [0.3, 0.4) is 0 Å². The Balaban J connectivity index is 2.06. The lowest BCUT2D eigenvalue weighted by Crippen LogP contribution is -2.43. The topological polar surface area (TPSA) is 57.6 Å². The molecule has 2 heterocycles. The Hall–Kier alpha value is -1.36. The van der Waals surface area contributed by atoms with Crippen molar-refractivity contribution < 1.29 is 14.7 Å². The average Bonchev–Trinajstić information content (AvgIpc) is 2.86. The maximum Gasteiger partial charge on any atom is 0.326 e. The van der Waals surface area contributed by atoms with Gasteiger partial charge >= 0.3 is 5.97 Å². The lowest BCUT2D eigenvalue weighted by Gasteiger charge is -2.23. The largest absolute Gasteiger partial charge is 0.480 e. The predicted octanol–water partition coefficient (Wildman–Crippen LogP) is 1.61. The van der Waals surface area contributed by atoms with Crippen molar-refractivity contribution in [1.82, 2.24) is 4.90 Å². The third-order valence-electron chi connectivity index (χ3n) is 3.21. The van der Waals surface area contributed by atoms with Crippen LogP contribution in [0.4, 0.5) is 0 Å². The number of hydrogen-bond donors (Lipinski definition) is 1. The molecule has 2 unspecified atom stereocenters. The summed E-state index contributed by atoms with van der Waals surface area (Å²) in [6, 6.07) is 1.25. The molecule has 1 N–H and O–H groups in total. The van der Waals surface area contributed by atoms with Crippen molar-refractivity contribution >= 4 is 23.2 Å². The van der Waals surface area contributed by atoms with E-state index in [9.17, 15) is 9.59 Å². The third-order valence-corrected chi connectivity index (χ3v) is 3.94. The molecule has 0 bridgehead atoms. The zero-order chi connectivity index (χ0) is 12.4. The monoisotopic (exact) mass is 253 g/mol. The van der Waals surface area contributed by atoms with Crippen LogP contribution in [-0.4, -0.2) is 34.5 Å². The maximum atomic E-state index is 12.0. The average molecular weight is 253 g/mol. The summed E-state index contributed by atoms with van der Waals surface area (Å²) < 4.78 is 0. The summed E-state index contributed by atoms with van der Waals surface area (Å²) in [5.74, 6) is -0.937. The summed E-state index contributed by atoms with van der Waals surface area (Å²) in [5, 5.41) is 13.0. The van der Waals surface area contributed by atoms with Gasteiger partial charge in [-0.2, -0.15) is 11.3 Å². The van der Waals surface area contributed by atoms with Gasteiger partial charge in [-0.25, -0.2) is 4.79 Å². The van der Waals surface area contributed by atoms with Crippen LogP contribution >= 0.6 is 11.3 Å². The van der Waals surface area contributed by atoms with Crippen molar-refractivity contribution in [2.75, 3.05) is 6.54 Å². The van der Waals surface area contributed by atoms with Crippen LogP contribution in [0.15, 0.2) is 16.8 Å². The highest BCUT2D eigenvalue weighted by Crippen LogP contribution is 2.25. The van der Waals surface area contributed by atoms with Crippen LogP contribution in [0.25, 0.3) is 0 Å². The second kappa shape index (κ2) is 4.87. The molecule has 0 saturated carbocycles. The van der Waals surface area contributed by atoms with Gasteiger partial charge in [0, 0.05) is 6.54 Å². The highest BCUT2D eigenvalue weighted by molar-refractivity contribution is 7.07. The molecule has 1 saturated heterocycles. The van der Waals surface area contributed by atoms with Crippen molar-refractivity contribution in [2.24, 2.45) is 5.92 Å². The van der Waals surface area contributed by atoms with Crippen molar-refractivity contribution in [1.29, 1.82) is 0 Å². The fourth-order valence-electron chi connectivity index (χ4n) is 2.27. The number of likely N-dealkylation sites (tertiary alicyclic amines) is 1. The minimum absolute atomic E-state index is 0.0407. The first kappa shape index (κ1) is 12.1. The van der Waals surface area contributed by atoms with Gasteiger partial charge in [0.1, 0.15) is 6.04 Å². The zero-order valence-electron chi connectivity index (χ0n) is 9.63. The van der Waals surface area contributed by atoms with E-state index in [1.807, 2.05) is 23.8 Å². The Labute approximate surface area is 104 Å². The van der Waals surface area contributed by atoms with Gasteiger partial charge in [0.15, 0.2) is 0 Å². The van der Waals surface area contributed by atoms with E-state index in [0.717, 1.165) is 12.0 Å². The van der Waals surface area contributed by atoms with E-state index in [4.69, 9.17) is 5.11 Å². The molecule has 1 aromatic rings. The van der Waals surface area contributed by atoms with Gasteiger partial charge in [-0.15, -0.1) is 0 Å². The van der Waals surface area contributed by atoms with E-state index in [1.165, 1.54) is 4.90 Å². The maximum absolute atomic E-state index is 12.0. The van der Waals surface area contributed by atoms with E-state index in [-0.39, 0.29) is 11.8 Å². The first-order valence-corrected chi connectivity index (χ1v) is 6.57. The molecular formula is C12H15NO3S. The van der Waals surface area contributed by atoms with Crippen molar-refractivity contribution in [3.05, 3.63) is 22.4 Å². The smallest absolute Gasteiger partial charge is 0.326 e. The number of carbonyl (C=O) groups excluding carboxylic acids is 1. The zero-order valence-corrected chi connectivity index (χ0v) is 10.4. The number of carboxylic acid groups (broad SMARTS) is 1. The van der Waals surface area contributed by atoms with Crippen molar-refractivity contribution in [3.63, 3.8) is 0 Å².